The van der Waals surface area contributed by atoms with Gasteiger partial charge in [-0.2, -0.15) is 0 Å². The fourth-order valence-corrected chi connectivity index (χ4v) is 2.64. The van der Waals surface area contributed by atoms with Crippen LogP contribution in [-0.4, -0.2) is 33.9 Å². The topological polar surface area (TPSA) is 44.8 Å². The van der Waals surface area contributed by atoms with Gasteiger partial charge in [0, 0.05) is 28.6 Å². The summed E-state index contributed by atoms with van der Waals surface area (Å²) in [5, 5.41) is 2.02. The molecule has 0 atom stereocenters. The summed E-state index contributed by atoms with van der Waals surface area (Å²) in [6.45, 7) is 0. The molecule has 0 radical (unpaired) electrons. The smallest absolute Gasteiger partial charge is 0.392 e. The Morgan fingerprint density at radius 1 is 1.24 bits per heavy atom. The van der Waals surface area contributed by atoms with Crippen molar-refractivity contribution in [3.05, 3.63) is 54.6 Å². The molecule has 0 amide bonds. The van der Waals surface area contributed by atoms with Crippen molar-refractivity contribution in [2.24, 2.45) is 0 Å². The van der Waals surface area contributed by atoms with Crippen LogP contribution in [0.15, 0.2) is 48.9 Å². The highest BCUT2D eigenvalue weighted by molar-refractivity contribution is 6.71. The first-order valence-corrected chi connectivity index (χ1v) is 6.71. The highest BCUT2D eigenvalue weighted by Gasteiger charge is 2.28. The minimum absolute atomic E-state index is 0.568. The minimum Gasteiger partial charge on any atom is -0.392 e. The quantitative estimate of drug-likeness (QED) is 0.696. The second kappa shape index (κ2) is 4.44. The molecule has 1 N–H and O–H groups in total. The predicted octanol–water partition coefficient (Wildman–Crippen LogP) is 2.95. The lowest BCUT2D eigenvalue weighted by Gasteiger charge is -2.21. The monoisotopic (exact) mass is 278 g/mol. The van der Waals surface area contributed by atoms with Gasteiger partial charge in [-0.15, -0.1) is 0 Å². The van der Waals surface area contributed by atoms with E-state index >= 15 is 0 Å². The van der Waals surface area contributed by atoms with Crippen molar-refractivity contribution in [1.82, 2.24) is 19.8 Å². The van der Waals surface area contributed by atoms with E-state index in [0.29, 0.717) is 11.2 Å². The SMILES string of the molecule is CN1C=CC=C(c2ccc3c(n2)[nH]c2ccncc23)B1F. The van der Waals surface area contributed by atoms with E-state index in [4.69, 9.17) is 0 Å². The van der Waals surface area contributed by atoms with Crippen molar-refractivity contribution in [1.29, 1.82) is 0 Å². The highest BCUT2D eigenvalue weighted by Crippen LogP contribution is 2.27. The molecule has 0 bridgehead atoms. The third kappa shape index (κ3) is 1.83. The van der Waals surface area contributed by atoms with Crippen LogP contribution >= 0.6 is 0 Å². The number of fused-ring (bicyclic) bond motifs is 3. The molecule has 1 aliphatic rings. The van der Waals surface area contributed by atoms with Crippen LogP contribution in [0.2, 0.25) is 0 Å². The van der Waals surface area contributed by atoms with Crippen LogP contribution < -0.4 is 0 Å². The number of rotatable bonds is 1. The molecule has 4 nitrogen and oxygen atoms in total. The average Bonchev–Trinajstić information content (AvgIpc) is 2.87. The third-order valence-electron chi connectivity index (χ3n) is 3.77. The van der Waals surface area contributed by atoms with E-state index in [0.717, 1.165) is 21.9 Å². The number of pyridine rings is 2. The highest BCUT2D eigenvalue weighted by atomic mass is 19.1. The van der Waals surface area contributed by atoms with E-state index < -0.39 is 7.12 Å². The molecule has 6 heteroatoms. The van der Waals surface area contributed by atoms with Gasteiger partial charge in [-0.25, -0.2) is 4.98 Å². The Morgan fingerprint density at radius 3 is 3.05 bits per heavy atom. The van der Waals surface area contributed by atoms with Gasteiger partial charge in [0.15, 0.2) is 0 Å². The molecule has 4 rings (SSSR count). The summed E-state index contributed by atoms with van der Waals surface area (Å²) in [5.41, 5.74) is 2.95. The molecule has 102 valence electrons. The van der Waals surface area contributed by atoms with Crippen LogP contribution in [0.5, 0.6) is 0 Å². The standard InChI is InChI=1S/C15H12BFN4/c1-21-8-2-3-12(16(21)17)14-5-4-10-11-9-18-7-6-13(11)19-15(10)20-14/h2-9H,1H3,(H,19,20). The largest absolute Gasteiger partial charge is 0.496 e. The second-order valence-corrected chi connectivity index (χ2v) is 5.10. The molecule has 0 saturated heterocycles. The summed E-state index contributed by atoms with van der Waals surface area (Å²) < 4.78 is 14.3. The summed E-state index contributed by atoms with van der Waals surface area (Å²) in [7, 11) is 0.535. The Balaban J connectivity index is 1.90. The number of aromatic nitrogens is 3. The van der Waals surface area contributed by atoms with E-state index in [1.54, 1.807) is 25.5 Å². The molecule has 21 heavy (non-hydrogen) atoms. The number of hydrogen-bond acceptors (Lipinski definition) is 3. The van der Waals surface area contributed by atoms with Crippen LogP contribution in [-0.2, 0) is 0 Å². The molecule has 0 spiro atoms. The third-order valence-corrected chi connectivity index (χ3v) is 3.77. The maximum absolute atomic E-state index is 14.3. The number of hydrogen-bond donors (Lipinski definition) is 1. The normalized spacial score (nSPS) is 15.0. The summed E-state index contributed by atoms with van der Waals surface area (Å²) in [6.07, 6.45) is 8.85. The van der Waals surface area contributed by atoms with Crippen LogP contribution in [0.4, 0.5) is 4.32 Å². The van der Waals surface area contributed by atoms with Gasteiger partial charge in [-0.1, -0.05) is 6.08 Å². The van der Waals surface area contributed by atoms with Gasteiger partial charge >= 0.3 is 7.12 Å². The first kappa shape index (κ1) is 12.1. The number of nitrogens with zero attached hydrogens (tertiary/aromatic N) is 3. The number of aromatic amines is 1. The van der Waals surface area contributed by atoms with Crippen molar-refractivity contribution in [3.63, 3.8) is 0 Å². The second-order valence-electron chi connectivity index (χ2n) is 5.10. The Labute approximate surface area is 121 Å². The Kier molecular flexibility index (Phi) is 2.57. The zero-order valence-electron chi connectivity index (χ0n) is 11.4. The lowest BCUT2D eigenvalue weighted by molar-refractivity contribution is 0.625. The van der Waals surface area contributed by atoms with Crippen molar-refractivity contribution in [2.45, 2.75) is 0 Å². The minimum atomic E-state index is -1.18. The van der Waals surface area contributed by atoms with E-state index in [9.17, 15) is 4.32 Å². The zero-order chi connectivity index (χ0) is 14.4. The molecule has 0 aromatic carbocycles. The van der Waals surface area contributed by atoms with E-state index in [2.05, 4.69) is 15.0 Å². The van der Waals surface area contributed by atoms with Gasteiger partial charge in [-0.3, -0.25) is 9.30 Å². The van der Waals surface area contributed by atoms with Crippen molar-refractivity contribution >= 4 is 34.5 Å². The molecule has 3 aromatic rings. The van der Waals surface area contributed by atoms with E-state index in [1.807, 2.05) is 30.5 Å². The van der Waals surface area contributed by atoms with Crippen molar-refractivity contribution in [3.8, 4) is 0 Å². The lowest BCUT2D eigenvalue weighted by Crippen LogP contribution is -2.31. The van der Waals surface area contributed by atoms with Gasteiger partial charge in [0.25, 0.3) is 0 Å². The number of H-pyrrole nitrogens is 1. The molecule has 1 aliphatic heterocycles. The summed E-state index contributed by atoms with van der Waals surface area (Å²) in [4.78, 5) is 13.5. The van der Waals surface area contributed by atoms with Gasteiger partial charge in [0.1, 0.15) is 5.65 Å². The number of allylic oxidation sites excluding steroid dienone is 2. The fourth-order valence-electron chi connectivity index (χ4n) is 2.64. The van der Waals surface area contributed by atoms with E-state index in [-0.39, 0.29) is 0 Å². The molecule has 0 unspecified atom stereocenters. The molecule has 0 fully saturated rings. The van der Waals surface area contributed by atoms with Crippen LogP contribution in [0.3, 0.4) is 0 Å². The van der Waals surface area contributed by atoms with E-state index in [1.165, 1.54) is 4.81 Å². The van der Waals surface area contributed by atoms with Crippen LogP contribution in [0.25, 0.3) is 27.4 Å². The van der Waals surface area contributed by atoms with Crippen molar-refractivity contribution in [2.75, 3.05) is 7.05 Å². The van der Waals surface area contributed by atoms with Crippen LogP contribution in [0, 0.1) is 0 Å². The maximum Gasteiger partial charge on any atom is 0.496 e. The Bertz CT molecular complexity index is 899. The molecule has 4 heterocycles. The van der Waals surface area contributed by atoms with Crippen molar-refractivity contribution < 1.29 is 4.32 Å². The maximum atomic E-state index is 14.3. The summed E-state index contributed by atoms with van der Waals surface area (Å²) in [5.74, 6) is 0. The Morgan fingerprint density at radius 2 is 2.14 bits per heavy atom. The summed E-state index contributed by atoms with van der Waals surface area (Å²) in [6, 6.07) is 5.73. The van der Waals surface area contributed by atoms with Gasteiger partial charge < -0.3 is 9.79 Å². The van der Waals surface area contributed by atoms with Crippen LogP contribution in [0.1, 0.15) is 5.69 Å². The molecule has 0 aliphatic carbocycles. The Hall–Kier alpha value is -2.63. The first-order valence-electron chi connectivity index (χ1n) is 6.71. The zero-order valence-corrected chi connectivity index (χ0v) is 11.4. The number of nitrogens with one attached hydrogen (secondary N) is 1. The molecular weight excluding hydrogens is 266 g/mol. The molecule has 3 aromatic heterocycles. The van der Waals surface area contributed by atoms with Gasteiger partial charge in [0.2, 0.25) is 0 Å². The fraction of sp³-hybridized carbons (Fsp3) is 0.0667. The summed E-state index contributed by atoms with van der Waals surface area (Å²) >= 11 is 0. The van der Waals surface area contributed by atoms with Gasteiger partial charge in [0.05, 0.1) is 11.2 Å². The first-order chi connectivity index (χ1) is 10.2. The molecule has 0 saturated carbocycles. The predicted molar refractivity (Wildman–Crippen MR) is 83.1 cm³/mol. The number of halogens is 1. The van der Waals surface area contributed by atoms with Gasteiger partial charge in [-0.05, 0) is 37.5 Å². The average molecular weight is 278 g/mol. The lowest BCUT2D eigenvalue weighted by atomic mass is 9.71. The molecular formula is C15H12BFN4.